The summed E-state index contributed by atoms with van der Waals surface area (Å²) in [7, 11) is 0. The van der Waals surface area contributed by atoms with Crippen LogP contribution in [0.2, 0.25) is 0 Å². The van der Waals surface area contributed by atoms with Gasteiger partial charge in [-0.15, -0.1) is 11.3 Å². The Bertz CT molecular complexity index is 2400. The lowest BCUT2D eigenvalue weighted by Crippen LogP contribution is -2.17. The van der Waals surface area contributed by atoms with E-state index in [2.05, 4.69) is 210 Å². The second-order valence-corrected chi connectivity index (χ2v) is 14.0. The number of para-hydroxylation sites is 4. The average Bonchev–Trinajstić information content (AvgIpc) is 3.59. The SMILES string of the molecule is C1=CC(c2ccc3sc4c(-c5ccc(N(c6ccccc6)c6ccccc6)cc5)cccc4c3c2)CC=C1N(c1ccccc1)c1ccccc1. The molecule has 3 heteroatoms. The molecule has 0 fully saturated rings. The summed E-state index contributed by atoms with van der Waals surface area (Å²) in [6.45, 7) is 0. The molecule has 8 aromatic rings. The summed E-state index contributed by atoms with van der Waals surface area (Å²) in [4.78, 5) is 4.65. The van der Waals surface area contributed by atoms with Crippen LogP contribution in [0.15, 0.2) is 206 Å². The second-order valence-electron chi connectivity index (χ2n) is 12.9. The zero-order valence-electron chi connectivity index (χ0n) is 28.1. The highest BCUT2D eigenvalue weighted by Crippen LogP contribution is 2.43. The lowest BCUT2D eigenvalue weighted by molar-refractivity contribution is 0.841. The van der Waals surface area contributed by atoms with E-state index < -0.39 is 0 Å². The molecule has 0 saturated carbocycles. The summed E-state index contributed by atoms with van der Waals surface area (Å²) in [5, 5.41) is 2.66. The lowest BCUT2D eigenvalue weighted by atomic mass is 9.90. The molecular formula is C48H36N2S. The van der Waals surface area contributed by atoms with Crippen LogP contribution in [0.25, 0.3) is 31.3 Å². The summed E-state index contributed by atoms with van der Waals surface area (Å²) in [6, 6.07) is 65.3. The highest BCUT2D eigenvalue weighted by Gasteiger charge is 2.19. The maximum atomic E-state index is 2.43. The maximum Gasteiger partial charge on any atom is 0.0462 e. The van der Waals surface area contributed by atoms with E-state index in [1.165, 1.54) is 53.9 Å². The van der Waals surface area contributed by atoms with Crippen LogP contribution in [0.4, 0.5) is 28.4 Å². The molecule has 0 aliphatic heterocycles. The zero-order valence-corrected chi connectivity index (χ0v) is 29.0. The molecule has 0 saturated heterocycles. The molecule has 7 aromatic carbocycles. The number of fused-ring (bicyclic) bond motifs is 3. The van der Waals surface area contributed by atoms with Crippen molar-refractivity contribution in [2.45, 2.75) is 12.3 Å². The van der Waals surface area contributed by atoms with Crippen LogP contribution in [0, 0.1) is 0 Å². The van der Waals surface area contributed by atoms with Crippen molar-refractivity contribution in [3.8, 4) is 11.1 Å². The Morgan fingerprint density at radius 1 is 0.471 bits per heavy atom. The fourth-order valence-corrected chi connectivity index (χ4v) is 8.51. The van der Waals surface area contributed by atoms with Crippen molar-refractivity contribution in [1.29, 1.82) is 0 Å². The summed E-state index contributed by atoms with van der Waals surface area (Å²) < 4.78 is 2.66. The van der Waals surface area contributed by atoms with Gasteiger partial charge >= 0.3 is 0 Å². The summed E-state index contributed by atoms with van der Waals surface area (Å²) in [6.07, 6.45) is 8.02. The molecule has 1 aliphatic rings. The minimum absolute atomic E-state index is 0.328. The molecular weight excluding hydrogens is 637 g/mol. The van der Waals surface area contributed by atoms with Gasteiger partial charge in [0, 0.05) is 60.2 Å². The number of anilines is 5. The van der Waals surface area contributed by atoms with Crippen LogP contribution in [0.5, 0.6) is 0 Å². The number of nitrogens with zero attached hydrogens (tertiary/aromatic N) is 2. The highest BCUT2D eigenvalue weighted by atomic mass is 32.1. The Morgan fingerprint density at radius 2 is 1.02 bits per heavy atom. The number of hydrogen-bond acceptors (Lipinski definition) is 3. The van der Waals surface area contributed by atoms with E-state index >= 15 is 0 Å². The molecule has 0 bridgehead atoms. The van der Waals surface area contributed by atoms with Crippen LogP contribution >= 0.6 is 11.3 Å². The first-order valence-electron chi connectivity index (χ1n) is 17.5. The van der Waals surface area contributed by atoms with Crippen molar-refractivity contribution in [3.63, 3.8) is 0 Å². The van der Waals surface area contributed by atoms with Gasteiger partial charge in [0.15, 0.2) is 0 Å². The van der Waals surface area contributed by atoms with E-state index in [0.717, 1.165) is 23.5 Å². The molecule has 1 aromatic heterocycles. The monoisotopic (exact) mass is 672 g/mol. The van der Waals surface area contributed by atoms with Gasteiger partial charge in [0.25, 0.3) is 0 Å². The van der Waals surface area contributed by atoms with E-state index in [0.29, 0.717) is 5.92 Å². The van der Waals surface area contributed by atoms with Crippen molar-refractivity contribution in [1.82, 2.24) is 0 Å². The molecule has 9 rings (SSSR count). The number of rotatable bonds is 8. The largest absolute Gasteiger partial charge is 0.311 e. The van der Waals surface area contributed by atoms with E-state index in [9.17, 15) is 0 Å². The first-order chi connectivity index (χ1) is 25.3. The van der Waals surface area contributed by atoms with Gasteiger partial charge in [-0.1, -0.05) is 121 Å². The molecule has 1 unspecified atom stereocenters. The van der Waals surface area contributed by atoms with Crippen LogP contribution in [-0.4, -0.2) is 0 Å². The smallest absolute Gasteiger partial charge is 0.0462 e. The van der Waals surface area contributed by atoms with Crippen LogP contribution in [0.3, 0.4) is 0 Å². The molecule has 2 nitrogen and oxygen atoms in total. The third-order valence-electron chi connectivity index (χ3n) is 9.78. The quantitative estimate of drug-likeness (QED) is 0.158. The normalized spacial score (nSPS) is 14.0. The summed E-state index contributed by atoms with van der Waals surface area (Å²) in [5.41, 5.74) is 10.8. The van der Waals surface area contributed by atoms with Crippen LogP contribution < -0.4 is 9.80 Å². The van der Waals surface area contributed by atoms with E-state index in [4.69, 9.17) is 0 Å². The fraction of sp³-hybridized carbons (Fsp3) is 0.0417. The van der Waals surface area contributed by atoms with Gasteiger partial charge in [-0.3, -0.25) is 0 Å². The van der Waals surface area contributed by atoms with Crippen molar-refractivity contribution >= 4 is 59.9 Å². The molecule has 0 spiro atoms. The topological polar surface area (TPSA) is 6.48 Å². The Labute approximate surface area is 303 Å². The van der Waals surface area contributed by atoms with Crippen molar-refractivity contribution in [2.24, 2.45) is 0 Å². The van der Waals surface area contributed by atoms with Gasteiger partial charge in [0.1, 0.15) is 0 Å². The third kappa shape index (κ3) is 6.03. The zero-order chi connectivity index (χ0) is 34.0. The fourth-order valence-electron chi connectivity index (χ4n) is 7.29. The Hall–Kier alpha value is -6.16. The Morgan fingerprint density at radius 3 is 1.57 bits per heavy atom. The van der Waals surface area contributed by atoms with Crippen molar-refractivity contribution in [3.05, 3.63) is 211 Å². The van der Waals surface area contributed by atoms with Crippen molar-refractivity contribution in [2.75, 3.05) is 9.80 Å². The van der Waals surface area contributed by atoms with Gasteiger partial charge in [-0.05, 0) is 102 Å². The minimum atomic E-state index is 0.328. The van der Waals surface area contributed by atoms with Gasteiger partial charge < -0.3 is 9.80 Å². The number of allylic oxidation sites excluding steroid dienone is 3. The minimum Gasteiger partial charge on any atom is -0.311 e. The van der Waals surface area contributed by atoms with Gasteiger partial charge in [-0.25, -0.2) is 0 Å². The molecule has 1 heterocycles. The first kappa shape index (κ1) is 30.9. The van der Waals surface area contributed by atoms with E-state index in [1.807, 2.05) is 11.3 Å². The molecule has 244 valence electrons. The van der Waals surface area contributed by atoms with Gasteiger partial charge in [0.2, 0.25) is 0 Å². The number of thiophene rings is 1. The number of hydrogen-bond donors (Lipinski definition) is 0. The predicted molar refractivity (Wildman–Crippen MR) is 219 cm³/mol. The average molecular weight is 673 g/mol. The molecule has 1 aliphatic carbocycles. The molecule has 51 heavy (non-hydrogen) atoms. The van der Waals surface area contributed by atoms with Gasteiger partial charge in [-0.2, -0.15) is 0 Å². The molecule has 0 radical (unpaired) electrons. The predicted octanol–water partition coefficient (Wildman–Crippen LogP) is 14.0. The summed E-state index contributed by atoms with van der Waals surface area (Å²) >= 11 is 1.90. The molecule has 1 atom stereocenters. The lowest BCUT2D eigenvalue weighted by Gasteiger charge is -2.29. The molecule has 0 N–H and O–H groups in total. The second kappa shape index (κ2) is 13.6. The van der Waals surface area contributed by atoms with Gasteiger partial charge in [0.05, 0.1) is 0 Å². The van der Waals surface area contributed by atoms with E-state index in [-0.39, 0.29) is 0 Å². The van der Waals surface area contributed by atoms with Crippen molar-refractivity contribution < 1.29 is 0 Å². The standard InChI is InChI=1S/C48H36N2S/c1-5-14-38(15-6-1)49(39-16-7-2-8-17-39)42-29-24-35(25-30-42)37-28-33-47-46(34-37)45-23-13-22-44(48(45)51-47)36-26-31-43(32-27-36)50(40-18-9-3-10-19-40)41-20-11-4-12-21-41/h1-24,26-35H,25H2. The Balaban J connectivity index is 1.01. The third-order valence-corrected chi connectivity index (χ3v) is 11.0. The van der Waals surface area contributed by atoms with E-state index in [1.54, 1.807) is 0 Å². The maximum absolute atomic E-state index is 2.43. The summed E-state index contributed by atoms with van der Waals surface area (Å²) in [5.74, 6) is 0.328. The van der Waals surface area contributed by atoms with Crippen LogP contribution in [-0.2, 0) is 0 Å². The first-order valence-corrected chi connectivity index (χ1v) is 18.4. The molecule has 0 amide bonds. The Kier molecular flexibility index (Phi) is 8.25. The number of benzene rings is 7. The highest BCUT2D eigenvalue weighted by molar-refractivity contribution is 7.26. The van der Waals surface area contributed by atoms with Crippen LogP contribution in [0.1, 0.15) is 17.9 Å².